The Morgan fingerprint density at radius 1 is 1.43 bits per heavy atom. The van der Waals surface area contributed by atoms with Crippen molar-refractivity contribution in [3.63, 3.8) is 0 Å². The predicted molar refractivity (Wildman–Crippen MR) is 55.8 cm³/mol. The molecule has 1 fully saturated rings. The van der Waals surface area contributed by atoms with Crippen molar-refractivity contribution in [2.45, 2.75) is 38.5 Å². The molecule has 1 aliphatic carbocycles. The molecule has 0 bridgehead atoms. The number of esters is 1. The van der Waals surface area contributed by atoms with Gasteiger partial charge in [0.15, 0.2) is 0 Å². The molecule has 0 saturated heterocycles. The molecule has 1 rings (SSSR count). The van der Waals surface area contributed by atoms with Crippen LogP contribution in [0.25, 0.3) is 0 Å². The van der Waals surface area contributed by atoms with Crippen molar-refractivity contribution < 1.29 is 9.53 Å². The summed E-state index contributed by atoms with van der Waals surface area (Å²) in [6, 6.07) is 0. The Hall–Kier alpha value is -0.570. The Bertz CT molecular complexity index is 176. The van der Waals surface area contributed by atoms with Crippen LogP contribution in [-0.2, 0) is 9.53 Å². The maximum atomic E-state index is 11.3. The van der Waals surface area contributed by atoms with Crippen molar-refractivity contribution in [2.75, 3.05) is 13.7 Å². The van der Waals surface area contributed by atoms with Crippen LogP contribution < -0.4 is 5.73 Å². The fourth-order valence-electron chi connectivity index (χ4n) is 2.28. The highest BCUT2D eigenvalue weighted by molar-refractivity contribution is 5.72. The molecule has 1 atom stereocenters. The van der Waals surface area contributed by atoms with Crippen LogP contribution in [0.4, 0.5) is 0 Å². The van der Waals surface area contributed by atoms with Gasteiger partial charge in [0.05, 0.1) is 13.0 Å². The molecule has 0 aromatic carbocycles. The minimum absolute atomic E-state index is 0.0805. The first-order valence-corrected chi connectivity index (χ1v) is 5.55. The van der Waals surface area contributed by atoms with Crippen molar-refractivity contribution in [3.05, 3.63) is 0 Å². The fourth-order valence-corrected chi connectivity index (χ4v) is 2.28. The second kappa shape index (κ2) is 6.02. The van der Waals surface area contributed by atoms with Crippen LogP contribution >= 0.6 is 0 Å². The third-order valence-corrected chi connectivity index (χ3v) is 3.16. The second-order valence-corrected chi connectivity index (χ2v) is 4.20. The average molecular weight is 199 g/mol. The summed E-state index contributed by atoms with van der Waals surface area (Å²) in [5.41, 5.74) is 5.57. The molecular weight excluding hydrogens is 178 g/mol. The lowest BCUT2D eigenvalue weighted by atomic mass is 9.83. The molecule has 82 valence electrons. The molecule has 3 nitrogen and oxygen atoms in total. The Kier molecular flexibility index (Phi) is 4.94. The number of rotatable bonds is 4. The lowest BCUT2D eigenvalue weighted by Crippen LogP contribution is -2.27. The third-order valence-electron chi connectivity index (χ3n) is 3.16. The zero-order valence-corrected chi connectivity index (χ0v) is 9.00. The van der Waals surface area contributed by atoms with Gasteiger partial charge < -0.3 is 10.5 Å². The normalized spacial score (nSPS) is 20.4. The maximum absolute atomic E-state index is 11.3. The smallest absolute Gasteiger partial charge is 0.309 e. The summed E-state index contributed by atoms with van der Waals surface area (Å²) < 4.78 is 4.73. The van der Waals surface area contributed by atoms with Crippen LogP contribution in [-0.4, -0.2) is 19.6 Å². The van der Waals surface area contributed by atoms with Gasteiger partial charge in [0.2, 0.25) is 0 Å². The molecule has 3 heteroatoms. The summed E-state index contributed by atoms with van der Waals surface area (Å²) in [6.07, 6.45) is 7.40. The van der Waals surface area contributed by atoms with Crippen LogP contribution in [0.1, 0.15) is 38.5 Å². The highest BCUT2D eigenvalue weighted by Gasteiger charge is 2.23. The molecule has 14 heavy (non-hydrogen) atoms. The standard InChI is InChI=1S/C11H21NO2/c1-14-11(13)10(8-12)7-9-5-3-2-4-6-9/h9-10H,2-8,12H2,1H3. The van der Waals surface area contributed by atoms with Crippen molar-refractivity contribution in [3.8, 4) is 0 Å². The molecule has 1 saturated carbocycles. The maximum Gasteiger partial charge on any atom is 0.309 e. The quantitative estimate of drug-likeness (QED) is 0.701. The molecular formula is C11H21NO2. The summed E-state index contributed by atoms with van der Waals surface area (Å²) >= 11 is 0. The minimum atomic E-state index is -0.141. The Morgan fingerprint density at radius 3 is 2.57 bits per heavy atom. The number of carbonyl (C=O) groups is 1. The van der Waals surface area contributed by atoms with E-state index in [1.165, 1.54) is 39.2 Å². The first-order valence-electron chi connectivity index (χ1n) is 5.55. The molecule has 1 unspecified atom stereocenters. The Morgan fingerprint density at radius 2 is 2.07 bits per heavy atom. The van der Waals surface area contributed by atoms with E-state index in [9.17, 15) is 4.79 Å². The Balaban J connectivity index is 2.34. The number of methoxy groups -OCH3 is 1. The van der Waals surface area contributed by atoms with Crippen LogP contribution in [0.15, 0.2) is 0 Å². The van der Waals surface area contributed by atoms with E-state index in [2.05, 4.69) is 0 Å². The first kappa shape index (κ1) is 11.5. The predicted octanol–water partition coefficient (Wildman–Crippen LogP) is 1.70. The van der Waals surface area contributed by atoms with Crippen molar-refractivity contribution in [1.29, 1.82) is 0 Å². The average Bonchev–Trinajstić information content (AvgIpc) is 2.26. The van der Waals surface area contributed by atoms with Gasteiger partial charge in [0, 0.05) is 6.54 Å². The number of carbonyl (C=O) groups excluding carboxylic acids is 1. The SMILES string of the molecule is COC(=O)C(CN)CC1CCCCC1. The molecule has 0 aromatic heterocycles. The summed E-state index contributed by atoms with van der Waals surface area (Å²) in [6.45, 7) is 0.420. The van der Waals surface area contributed by atoms with Gasteiger partial charge in [-0.1, -0.05) is 32.1 Å². The largest absolute Gasteiger partial charge is 0.469 e. The Labute approximate surface area is 86.0 Å². The van der Waals surface area contributed by atoms with Gasteiger partial charge in [-0.15, -0.1) is 0 Å². The minimum Gasteiger partial charge on any atom is -0.469 e. The van der Waals surface area contributed by atoms with E-state index in [0.717, 1.165) is 6.42 Å². The van der Waals surface area contributed by atoms with Gasteiger partial charge in [0.25, 0.3) is 0 Å². The molecule has 0 aliphatic heterocycles. The summed E-state index contributed by atoms with van der Waals surface area (Å²) in [5, 5.41) is 0. The lowest BCUT2D eigenvalue weighted by molar-refractivity contribution is -0.145. The topological polar surface area (TPSA) is 52.3 Å². The molecule has 0 aromatic rings. The van der Waals surface area contributed by atoms with E-state index >= 15 is 0 Å². The van der Waals surface area contributed by atoms with Crippen LogP contribution in [0.5, 0.6) is 0 Å². The zero-order chi connectivity index (χ0) is 10.4. The summed E-state index contributed by atoms with van der Waals surface area (Å²) in [4.78, 5) is 11.3. The highest BCUT2D eigenvalue weighted by atomic mass is 16.5. The molecule has 1 aliphatic rings. The van der Waals surface area contributed by atoms with E-state index in [1.54, 1.807) is 0 Å². The molecule has 0 radical (unpaired) electrons. The molecule has 2 N–H and O–H groups in total. The zero-order valence-electron chi connectivity index (χ0n) is 9.00. The lowest BCUT2D eigenvalue weighted by Gasteiger charge is -2.24. The van der Waals surface area contributed by atoms with Gasteiger partial charge in [0.1, 0.15) is 0 Å². The van der Waals surface area contributed by atoms with Crippen LogP contribution in [0, 0.1) is 11.8 Å². The van der Waals surface area contributed by atoms with Crippen molar-refractivity contribution >= 4 is 5.97 Å². The summed E-state index contributed by atoms with van der Waals surface area (Å²) in [7, 11) is 1.44. The monoisotopic (exact) mass is 199 g/mol. The second-order valence-electron chi connectivity index (χ2n) is 4.20. The van der Waals surface area contributed by atoms with E-state index in [1.807, 2.05) is 0 Å². The third kappa shape index (κ3) is 3.29. The highest BCUT2D eigenvalue weighted by Crippen LogP contribution is 2.29. The van der Waals surface area contributed by atoms with E-state index < -0.39 is 0 Å². The fraction of sp³-hybridized carbons (Fsp3) is 0.909. The van der Waals surface area contributed by atoms with Gasteiger partial charge in [-0.25, -0.2) is 0 Å². The number of nitrogens with two attached hydrogens (primary N) is 1. The van der Waals surface area contributed by atoms with Gasteiger partial charge in [-0.2, -0.15) is 0 Å². The van der Waals surface area contributed by atoms with Crippen LogP contribution in [0.2, 0.25) is 0 Å². The molecule has 0 amide bonds. The van der Waals surface area contributed by atoms with Crippen LogP contribution in [0.3, 0.4) is 0 Å². The molecule has 0 spiro atoms. The van der Waals surface area contributed by atoms with Gasteiger partial charge >= 0.3 is 5.97 Å². The number of hydrogen-bond acceptors (Lipinski definition) is 3. The first-order chi connectivity index (χ1) is 6.77. The van der Waals surface area contributed by atoms with E-state index in [4.69, 9.17) is 10.5 Å². The van der Waals surface area contributed by atoms with Crippen molar-refractivity contribution in [2.24, 2.45) is 17.6 Å². The van der Waals surface area contributed by atoms with E-state index in [-0.39, 0.29) is 11.9 Å². The van der Waals surface area contributed by atoms with Crippen molar-refractivity contribution in [1.82, 2.24) is 0 Å². The number of ether oxygens (including phenoxy) is 1. The van der Waals surface area contributed by atoms with E-state index in [0.29, 0.717) is 12.5 Å². The summed E-state index contributed by atoms with van der Waals surface area (Å²) in [5.74, 6) is 0.470. The number of hydrogen-bond donors (Lipinski definition) is 1. The molecule has 0 heterocycles. The van der Waals surface area contributed by atoms with Gasteiger partial charge in [-0.05, 0) is 12.3 Å². The van der Waals surface area contributed by atoms with Gasteiger partial charge in [-0.3, -0.25) is 4.79 Å².